The fourth-order valence-electron chi connectivity index (χ4n) is 1.75. The van der Waals surface area contributed by atoms with E-state index < -0.39 is 5.60 Å². The van der Waals surface area contributed by atoms with E-state index in [0.29, 0.717) is 7.69 Å². The van der Waals surface area contributed by atoms with Gasteiger partial charge < -0.3 is 14.1 Å². The molecule has 1 heterocycles. The molecule has 2 unspecified atom stereocenters. The van der Waals surface area contributed by atoms with Gasteiger partial charge in [-0.25, -0.2) is 0 Å². The summed E-state index contributed by atoms with van der Waals surface area (Å²) in [5.41, 5.74) is -0.556. The van der Waals surface area contributed by atoms with Gasteiger partial charge in [0.1, 0.15) is 5.60 Å². The summed E-state index contributed by atoms with van der Waals surface area (Å²) in [5, 5.41) is 0. The molecule has 54 valence electrons. The fourth-order valence-corrected chi connectivity index (χ4v) is 1.75. The molecule has 1 aliphatic heterocycles. The Morgan fingerprint density at radius 2 is 2.60 bits per heavy atom. The number of rotatable bonds is 1. The van der Waals surface area contributed by atoms with Crippen LogP contribution in [0.3, 0.4) is 0 Å². The van der Waals surface area contributed by atoms with Crippen molar-refractivity contribution in [2.75, 3.05) is 0 Å². The number of carbonyl (C=O) groups excluding carboxylic acids is 1. The molecule has 1 aliphatic carbocycles. The highest BCUT2D eigenvalue weighted by atomic mass is 16.7. The number of hydrogen-bond acceptors (Lipinski definition) is 3. The Hall–Kier alpha value is -0.345. The number of fused-ring (bicyclic) bond motifs is 1. The first-order chi connectivity index (χ1) is 4.87. The predicted molar refractivity (Wildman–Crippen MR) is 35.8 cm³/mol. The van der Waals surface area contributed by atoms with Crippen molar-refractivity contribution in [1.29, 1.82) is 0 Å². The standard InChI is InChI=1S/C6H9BO3/c8-4-6-3-1-2-5(6)9-7-10-6/h4-5,7H,1-3H2. The summed E-state index contributed by atoms with van der Waals surface area (Å²) in [6.45, 7) is 0. The van der Waals surface area contributed by atoms with Crippen LogP contribution in [-0.4, -0.2) is 25.7 Å². The molecule has 4 heteroatoms. The summed E-state index contributed by atoms with van der Waals surface area (Å²) < 4.78 is 10.4. The summed E-state index contributed by atoms with van der Waals surface area (Å²) in [6, 6.07) is 0. The lowest BCUT2D eigenvalue weighted by Crippen LogP contribution is -2.36. The molecule has 3 nitrogen and oxygen atoms in total. The van der Waals surface area contributed by atoms with E-state index in [-0.39, 0.29) is 6.10 Å². The highest BCUT2D eigenvalue weighted by Gasteiger charge is 2.48. The van der Waals surface area contributed by atoms with Crippen LogP contribution in [0.25, 0.3) is 0 Å². The molecule has 0 aromatic rings. The Balaban J connectivity index is 2.23. The van der Waals surface area contributed by atoms with Crippen LogP contribution in [0, 0.1) is 0 Å². The maximum atomic E-state index is 10.6. The molecule has 0 radical (unpaired) electrons. The quantitative estimate of drug-likeness (QED) is 0.373. The number of carbonyl (C=O) groups is 1. The summed E-state index contributed by atoms with van der Waals surface area (Å²) in [7, 11) is 0.295. The minimum atomic E-state index is -0.556. The highest BCUT2D eigenvalue weighted by Crippen LogP contribution is 2.37. The Labute approximate surface area is 60.0 Å². The molecule has 1 saturated heterocycles. The van der Waals surface area contributed by atoms with Crippen LogP contribution >= 0.6 is 0 Å². The third-order valence-corrected chi connectivity index (χ3v) is 2.38. The molecule has 2 fully saturated rings. The third-order valence-electron chi connectivity index (χ3n) is 2.38. The minimum Gasteiger partial charge on any atom is -0.408 e. The van der Waals surface area contributed by atoms with Crippen molar-refractivity contribution < 1.29 is 14.1 Å². The van der Waals surface area contributed by atoms with Crippen molar-refractivity contribution in [3.05, 3.63) is 0 Å². The van der Waals surface area contributed by atoms with Crippen LogP contribution in [-0.2, 0) is 14.1 Å². The Morgan fingerprint density at radius 1 is 1.70 bits per heavy atom. The van der Waals surface area contributed by atoms with Crippen LogP contribution in [0.2, 0.25) is 0 Å². The van der Waals surface area contributed by atoms with Gasteiger partial charge in [-0.3, -0.25) is 0 Å². The molecule has 0 N–H and O–H groups in total. The van der Waals surface area contributed by atoms with Crippen LogP contribution in [0.15, 0.2) is 0 Å². The second-order valence-corrected chi connectivity index (χ2v) is 2.88. The van der Waals surface area contributed by atoms with Crippen molar-refractivity contribution in [2.24, 2.45) is 0 Å². The van der Waals surface area contributed by atoms with Crippen molar-refractivity contribution in [3.8, 4) is 0 Å². The highest BCUT2D eigenvalue weighted by molar-refractivity contribution is 6.20. The zero-order valence-electron chi connectivity index (χ0n) is 5.71. The van der Waals surface area contributed by atoms with Crippen LogP contribution in [0.5, 0.6) is 0 Å². The van der Waals surface area contributed by atoms with Crippen LogP contribution in [0.4, 0.5) is 0 Å². The SMILES string of the molecule is O=CC12CCCC1OBO2. The van der Waals surface area contributed by atoms with E-state index in [4.69, 9.17) is 9.31 Å². The normalized spacial score (nSPS) is 44.6. The van der Waals surface area contributed by atoms with Gasteiger partial charge in [0, 0.05) is 0 Å². The van der Waals surface area contributed by atoms with Gasteiger partial charge in [-0.1, -0.05) is 0 Å². The van der Waals surface area contributed by atoms with Crippen LogP contribution in [0.1, 0.15) is 19.3 Å². The lowest BCUT2D eigenvalue weighted by atomic mass is 10.0. The van der Waals surface area contributed by atoms with Crippen molar-refractivity contribution >= 4 is 14.0 Å². The van der Waals surface area contributed by atoms with Crippen LogP contribution < -0.4 is 0 Å². The van der Waals surface area contributed by atoms with Crippen molar-refractivity contribution in [1.82, 2.24) is 0 Å². The summed E-state index contributed by atoms with van der Waals surface area (Å²) in [5.74, 6) is 0. The van der Waals surface area contributed by atoms with Gasteiger partial charge in [0.05, 0.1) is 6.10 Å². The first-order valence-electron chi connectivity index (χ1n) is 3.59. The Kier molecular flexibility index (Phi) is 1.32. The molecule has 0 aromatic heterocycles. The van der Waals surface area contributed by atoms with Crippen molar-refractivity contribution in [2.45, 2.75) is 31.0 Å². The summed E-state index contributed by atoms with van der Waals surface area (Å²) in [6.07, 6.45) is 3.80. The minimum absolute atomic E-state index is 0.0463. The van der Waals surface area contributed by atoms with Gasteiger partial charge in [0.15, 0.2) is 6.29 Å². The second kappa shape index (κ2) is 2.07. The fraction of sp³-hybridized carbons (Fsp3) is 0.833. The van der Waals surface area contributed by atoms with Gasteiger partial charge in [0.25, 0.3) is 0 Å². The molecule has 2 aliphatic rings. The zero-order chi connectivity index (χ0) is 7.03. The van der Waals surface area contributed by atoms with E-state index in [2.05, 4.69) is 0 Å². The molecular formula is C6H9BO3. The van der Waals surface area contributed by atoms with Gasteiger partial charge in [-0.2, -0.15) is 0 Å². The topological polar surface area (TPSA) is 35.5 Å². The van der Waals surface area contributed by atoms with Crippen molar-refractivity contribution in [3.63, 3.8) is 0 Å². The van der Waals surface area contributed by atoms with E-state index in [1.54, 1.807) is 0 Å². The summed E-state index contributed by atoms with van der Waals surface area (Å²) >= 11 is 0. The molecule has 10 heavy (non-hydrogen) atoms. The van der Waals surface area contributed by atoms with Gasteiger partial charge >= 0.3 is 7.69 Å². The van der Waals surface area contributed by atoms with E-state index >= 15 is 0 Å². The zero-order valence-corrected chi connectivity index (χ0v) is 5.71. The van der Waals surface area contributed by atoms with E-state index in [1.807, 2.05) is 0 Å². The predicted octanol–water partition coefficient (Wildman–Crippen LogP) is -0.210. The van der Waals surface area contributed by atoms with Gasteiger partial charge in [0.2, 0.25) is 0 Å². The van der Waals surface area contributed by atoms with E-state index in [9.17, 15) is 4.79 Å². The third kappa shape index (κ3) is 0.661. The molecular weight excluding hydrogens is 131 g/mol. The molecule has 2 rings (SSSR count). The molecule has 2 atom stereocenters. The van der Waals surface area contributed by atoms with Gasteiger partial charge in [-0.05, 0) is 19.3 Å². The Morgan fingerprint density at radius 3 is 3.30 bits per heavy atom. The second-order valence-electron chi connectivity index (χ2n) is 2.88. The molecule has 0 spiro atoms. The number of hydrogen-bond donors (Lipinski definition) is 0. The molecule has 0 bridgehead atoms. The molecule has 0 aromatic carbocycles. The van der Waals surface area contributed by atoms with Gasteiger partial charge in [-0.15, -0.1) is 0 Å². The average Bonchev–Trinajstić information content (AvgIpc) is 2.42. The molecule has 0 amide bonds. The summed E-state index contributed by atoms with van der Waals surface area (Å²) in [4.78, 5) is 10.6. The maximum Gasteiger partial charge on any atom is 0.439 e. The molecule has 1 saturated carbocycles. The maximum absolute atomic E-state index is 10.6. The lowest BCUT2D eigenvalue weighted by Gasteiger charge is -2.19. The first-order valence-corrected chi connectivity index (χ1v) is 3.59. The smallest absolute Gasteiger partial charge is 0.408 e. The van der Waals surface area contributed by atoms with E-state index in [1.165, 1.54) is 0 Å². The number of aldehydes is 1. The largest absolute Gasteiger partial charge is 0.439 e. The lowest BCUT2D eigenvalue weighted by molar-refractivity contribution is -0.121. The monoisotopic (exact) mass is 140 g/mol. The van der Waals surface area contributed by atoms with E-state index in [0.717, 1.165) is 25.5 Å². The first kappa shape index (κ1) is 6.37. The average molecular weight is 140 g/mol. The Bertz CT molecular complexity index is 149.